The van der Waals surface area contributed by atoms with Gasteiger partial charge in [0.05, 0.1) is 19.6 Å². The molecule has 2 unspecified atom stereocenters. The molecule has 1 amide bonds. The lowest BCUT2D eigenvalue weighted by molar-refractivity contribution is -0.146. The van der Waals surface area contributed by atoms with Crippen LogP contribution in [-0.4, -0.2) is 62.6 Å². The molecule has 0 radical (unpaired) electrons. The first-order valence-electron chi connectivity index (χ1n) is 8.41. The summed E-state index contributed by atoms with van der Waals surface area (Å²) >= 11 is 0. The third kappa shape index (κ3) is 6.08. The van der Waals surface area contributed by atoms with Crippen LogP contribution < -0.4 is 10.6 Å². The number of esters is 1. The minimum Gasteiger partial charge on any atom is -0.469 e. The molecule has 1 rings (SSSR count). The maximum Gasteiger partial charge on any atom is 0.310 e. The molecule has 0 aliphatic carbocycles. The van der Waals surface area contributed by atoms with Crippen molar-refractivity contribution in [2.45, 2.75) is 33.6 Å². The van der Waals surface area contributed by atoms with Crippen molar-refractivity contribution in [2.24, 2.45) is 16.8 Å². The van der Waals surface area contributed by atoms with Crippen LogP contribution in [0.1, 0.15) is 33.6 Å². The first-order chi connectivity index (χ1) is 11.0. The Hall–Kier alpha value is -1.79. The molecule has 0 aromatic carbocycles. The number of methoxy groups -OCH3 is 1. The van der Waals surface area contributed by atoms with E-state index in [1.165, 1.54) is 7.11 Å². The zero-order chi connectivity index (χ0) is 17.2. The van der Waals surface area contributed by atoms with Crippen molar-refractivity contribution >= 4 is 17.8 Å². The summed E-state index contributed by atoms with van der Waals surface area (Å²) in [4.78, 5) is 30.0. The zero-order valence-corrected chi connectivity index (χ0v) is 14.7. The van der Waals surface area contributed by atoms with E-state index in [4.69, 9.17) is 4.74 Å². The lowest BCUT2D eigenvalue weighted by Gasteiger charge is -2.21. The van der Waals surface area contributed by atoms with E-state index in [9.17, 15) is 9.59 Å². The fraction of sp³-hybridized carbons (Fsp3) is 0.812. The van der Waals surface area contributed by atoms with Crippen LogP contribution in [-0.2, 0) is 14.3 Å². The van der Waals surface area contributed by atoms with Gasteiger partial charge >= 0.3 is 5.97 Å². The average Bonchev–Trinajstić information content (AvgIpc) is 2.93. The molecular formula is C16H30N4O3. The van der Waals surface area contributed by atoms with E-state index in [1.807, 2.05) is 20.8 Å². The third-order valence-corrected chi connectivity index (χ3v) is 3.92. The molecule has 7 nitrogen and oxygen atoms in total. The zero-order valence-electron chi connectivity index (χ0n) is 14.7. The minimum absolute atomic E-state index is 0.0219. The topological polar surface area (TPSA) is 83.0 Å². The van der Waals surface area contributed by atoms with Crippen LogP contribution >= 0.6 is 0 Å². The number of rotatable bonds is 7. The Morgan fingerprint density at radius 3 is 2.61 bits per heavy atom. The Bertz CT molecular complexity index is 426. The molecule has 1 heterocycles. The Kier molecular flexibility index (Phi) is 8.43. The number of carbonyl (C=O) groups is 2. The number of hydrogen-bond donors (Lipinski definition) is 2. The van der Waals surface area contributed by atoms with Gasteiger partial charge < -0.3 is 20.3 Å². The van der Waals surface area contributed by atoms with Crippen LogP contribution in [0.15, 0.2) is 4.99 Å². The molecule has 2 atom stereocenters. The summed E-state index contributed by atoms with van der Waals surface area (Å²) < 4.78 is 4.86. The van der Waals surface area contributed by atoms with Gasteiger partial charge in [-0.3, -0.25) is 14.6 Å². The molecule has 132 valence electrons. The van der Waals surface area contributed by atoms with E-state index in [2.05, 4.69) is 20.5 Å². The van der Waals surface area contributed by atoms with E-state index in [0.29, 0.717) is 26.1 Å². The Morgan fingerprint density at radius 2 is 2.00 bits per heavy atom. The van der Waals surface area contributed by atoms with Crippen LogP contribution in [0.3, 0.4) is 0 Å². The molecule has 0 spiro atoms. The summed E-state index contributed by atoms with van der Waals surface area (Å²) in [6, 6.07) is 0. The SMILES string of the molecule is CCCNC(=O)CCN=C(NCC)N1CC(C)C(C(=O)OC)C1. The second kappa shape index (κ2) is 10.1. The third-order valence-electron chi connectivity index (χ3n) is 3.92. The summed E-state index contributed by atoms with van der Waals surface area (Å²) in [5.74, 6) is 0.702. The summed E-state index contributed by atoms with van der Waals surface area (Å²) in [6.07, 6.45) is 1.30. The minimum atomic E-state index is -0.171. The molecule has 1 saturated heterocycles. The number of amides is 1. The standard InChI is InChI=1S/C16H30N4O3/c1-5-8-18-14(21)7-9-19-16(17-6-2)20-10-12(3)13(11-20)15(22)23-4/h12-13H,5-11H2,1-4H3,(H,17,19)(H,18,21). The van der Waals surface area contributed by atoms with E-state index in [1.54, 1.807) is 0 Å². The van der Waals surface area contributed by atoms with Gasteiger partial charge in [-0.15, -0.1) is 0 Å². The van der Waals surface area contributed by atoms with Gasteiger partial charge in [-0.25, -0.2) is 0 Å². The number of carbonyl (C=O) groups excluding carboxylic acids is 2. The molecule has 23 heavy (non-hydrogen) atoms. The number of nitrogens with one attached hydrogen (secondary N) is 2. The van der Waals surface area contributed by atoms with Crippen molar-refractivity contribution in [3.8, 4) is 0 Å². The molecule has 0 aromatic heterocycles. The lowest BCUT2D eigenvalue weighted by Crippen LogP contribution is -2.41. The van der Waals surface area contributed by atoms with Gasteiger partial charge in [0.15, 0.2) is 5.96 Å². The van der Waals surface area contributed by atoms with Crippen LogP contribution in [0.4, 0.5) is 0 Å². The van der Waals surface area contributed by atoms with Gasteiger partial charge in [0.2, 0.25) is 5.91 Å². The molecule has 0 bridgehead atoms. The van der Waals surface area contributed by atoms with Crippen LogP contribution in [0.2, 0.25) is 0 Å². The molecule has 7 heteroatoms. The fourth-order valence-corrected chi connectivity index (χ4v) is 2.64. The van der Waals surface area contributed by atoms with Crippen LogP contribution in [0, 0.1) is 11.8 Å². The van der Waals surface area contributed by atoms with Gasteiger partial charge in [0, 0.05) is 32.6 Å². The number of likely N-dealkylation sites (tertiary alicyclic amines) is 1. The van der Waals surface area contributed by atoms with Gasteiger partial charge in [-0.05, 0) is 19.3 Å². The smallest absolute Gasteiger partial charge is 0.310 e. The molecule has 1 aliphatic rings. The Labute approximate surface area is 138 Å². The molecule has 1 fully saturated rings. The van der Waals surface area contributed by atoms with Crippen molar-refractivity contribution in [1.82, 2.24) is 15.5 Å². The monoisotopic (exact) mass is 326 g/mol. The van der Waals surface area contributed by atoms with Gasteiger partial charge in [-0.1, -0.05) is 13.8 Å². The van der Waals surface area contributed by atoms with E-state index in [-0.39, 0.29) is 23.7 Å². The fourth-order valence-electron chi connectivity index (χ4n) is 2.64. The van der Waals surface area contributed by atoms with Crippen LogP contribution in [0.25, 0.3) is 0 Å². The van der Waals surface area contributed by atoms with E-state index < -0.39 is 0 Å². The summed E-state index contributed by atoms with van der Waals surface area (Å²) in [5, 5.41) is 6.07. The molecule has 0 aromatic rings. The predicted octanol–water partition coefficient (Wildman–Crippen LogP) is 0.609. The van der Waals surface area contributed by atoms with Gasteiger partial charge in [-0.2, -0.15) is 0 Å². The molecule has 1 aliphatic heterocycles. The highest BCUT2D eigenvalue weighted by atomic mass is 16.5. The number of guanidine groups is 1. The highest BCUT2D eigenvalue weighted by Crippen LogP contribution is 2.24. The second-order valence-electron chi connectivity index (χ2n) is 5.85. The Balaban J connectivity index is 2.59. The highest BCUT2D eigenvalue weighted by Gasteiger charge is 2.36. The normalized spacial score (nSPS) is 21.2. The first kappa shape index (κ1) is 19.3. The van der Waals surface area contributed by atoms with Crippen molar-refractivity contribution in [1.29, 1.82) is 0 Å². The Morgan fingerprint density at radius 1 is 1.26 bits per heavy atom. The maximum atomic E-state index is 11.8. The largest absolute Gasteiger partial charge is 0.469 e. The molecule has 2 N–H and O–H groups in total. The quantitative estimate of drug-likeness (QED) is 0.407. The highest BCUT2D eigenvalue weighted by molar-refractivity contribution is 5.83. The van der Waals surface area contributed by atoms with Gasteiger partial charge in [0.25, 0.3) is 0 Å². The van der Waals surface area contributed by atoms with Crippen molar-refractivity contribution in [3.05, 3.63) is 0 Å². The number of ether oxygens (including phenoxy) is 1. The van der Waals surface area contributed by atoms with Crippen molar-refractivity contribution < 1.29 is 14.3 Å². The molecular weight excluding hydrogens is 296 g/mol. The summed E-state index contributed by atoms with van der Waals surface area (Å²) in [6.45, 7) is 9.31. The van der Waals surface area contributed by atoms with Crippen molar-refractivity contribution in [2.75, 3.05) is 39.8 Å². The average molecular weight is 326 g/mol. The predicted molar refractivity (Wildman–Crippen MR) is 90.1 cm³/mol. The van der Waals surface area contributed by atoms with E-state index >= 15 is 0 Å². The first-order valence-corrected chi connectivity index (χ1v) is 8.41. The number of hydrogen-bond acceptors (Lipinski definition) is 4. The van der Waals surface area contributed by atoms with Gasteiger partial charge in [0.1, 0.15) is 0 Å². The summed E-state index contributed by atoms with van der Waals surface area (Å²) in [5.41, 5.74) is 0. The van der Waals surface area contributed by atoms with E-state index in [0.717, 1.165) is 25.5 Å². The summed E-state index contributed by atoms with van der Waals surface area (Å²) in [7, 11) is 1.42. The lowest BCUT2D eigenvalue weighted by atomic mass is 9.99. The molecule has 0 saturated carbocycles. The van der Waals surface area contributed by atoms with Crippen LogP contribution in [0.5, 0.6) is 0 Å². The van der Waals surface area contributed by atoms with Crippen molar-refractivity contribution in [3.63, 3.8) is 0 Å². The number of nitrogens with zero attached hydrogens (tertiary/aromatic N) is 2. The number of aliphatic imine (C=N–C) groups is 1. The second-order valence-corrected chi connectivity index (χ2v) is 5.85. The maximum absolute atomic E-state index is 11.8.